The molecular formula is C12H6ClN5. The van der Waals surface area contributed by atoms with Gasteiger partial charge in [0.25, 0.3) is 0 Å². The molecule has 0 aliphatic heterocycles. The van der Waals surface area contributed by atoms with E-state index in [4.69, 9.17) is 22.1 Å². The zero-order chi connectivity index (χ0) is 13.0. The van der Waals surface area contributed by atoms with Crippen LogP contribution in [0.15, 0.2) is 30.6 Å². The smallest absolute Gasteiger partial charge is 0.158 e. The van der Waals surface area contributed by atoms with Crippen LogP contribution in [0, 0.1) is 22.7 Å². The average Bonchev–Trinajstić information content (AvgIpc) is 2.42. The molecule has 0 amide bonds. The Morgan fingerprint density at radius 3 is 2.56 bits per heavy atom. The molecule has 1 heterocycles. The molecule has 0 spiro atoms. The highest BCUT2D eigenvalue weighted by molar-refractivity contribution is 6.33. The third-order valence-electron chi connectivity index (χ3n) is 2.12. The van der Waals surface area contributed by atoms with Crippen molar-refractivity contribution in [2.45, 2.75) is 0 Å². The average molecular weight is 256 g/mol. The summed E-state index contributed by atoms with van der Waals surface area (Å²) in [6.45, 7) is 0. The summed E-state index contributed by atoms with van der Waals surface area (Å²) in [7, 11) is 0. The first-order chi connectivity index (χ1) is 8.72. The molecule has 0 bridgehead atoms. The van der Waals surface area contributed by atoms with Crippen molar-refractivity contribution >= 4 is 23.1 Å². The molecule has 2 aromatic rings. The summed E-state index contributed by atoms with van der Waals surface area (Å²) in [5, 5.41) is 20.8. The van der Waals surface area contributed by atoms with Crippen LogP contribution in [0.2, 0.25) is 5.02 Å². The van der Waals surface area contributed by atoms with Crippen LogP contribution in [0.1, 0.15) is 11.3 Å². The van der Waals surface area contributed by atoms with Gasteiger partial charge in [-0.25, -0.2) is 9.97 Å². The van der Waals surface area contributed by atoms with Gasteiger partial charge in [0, 0.05) is 0 Å². The summed E-state index contributed by atoms with van der Waals surface area (Å²) in [6.07, 6.45) is 2.78. The van der Waals surface area contributed by atoms with E-state index in [2.05, 4.69) is 15.3 Å². The van der Waals surface area contributed by atoms with Crippen molar-refractivity contribution in [2.75, 3.05) is 5.32 Å². The molecule has 6 heteroatoms. The molecule has 1 N–H and O–H groups in total. The Balaban J connectivity index is 2.28. The Hall–Kier alpha value is -2.63. The van der Waals surface area contributed by atoms with Crippen molar-refractivity contribution in [3.05, 3.63) is 46.9 Å². The van der Waals surface area contributed by atoms with Crippen LogP contribution in [0.4, 0.5) is 11.5 Å². The Labute approximate surface area is 108 Å². The van der Waals surface area contributed by atoms with Crippen LogP contribution in [0.3, 0.4) is 0 Å². The lowest BCUT2D eigenvalue weighted by molar-refractivity contribution is 1.16. The Morgan fingerprint density at radius 1 is 1.11 bits per heavy atom. The third-order valence-corrected chi connectivity index (χ3v) is 2.45. The van der Waals surface area contributed by atoms with E-state index in [0.717, 1.165) is 0 Å². The first-order valence-corrected chi connectivity index (χ1v) is 5.29. The lowest BCUT2D eigenvalue weighted by Gasteiger charge is -2.07. The molecule has 0 aliphatic rings. The number of halogens is 1. The molecule has 0 saturated heterocycles. The van der Waals surface area contributed by atoms with Crippen LogP contribution in [-0.2, 0) is 0 Å². The van der Waals surface area contributed by atoms with Crippen molar-refractivity contribution < 1.29 is 0 Å². The minimum atomic E-state index is 0.234. The predicted molar refractivity (Wildman–Crippen MR) is 66.2 cm³/mol. The highest BCUT2D eigenvalue weighted by Crippen LogP contribution is 2.25. The molecule has 0 radical (unpaired) electrons. The Kier molecular flexibility index (Phi) is 3.38. The molecule has 0 fully saturated rings. The Morgan fingerprint density at radius 2 is 1.94 bits per heavy atom. The van der Waals surface area contributed by atoms with E-state index >= 15 is 0 Å². The maximum Gasteiger partial charge on any atom is 0.158 e. The third kappa shape index (κ3) is 2.54. The van der Waals surface area contributed by atoms with Gasteiger partial charge in [0.1, 0.15) is 11.9 Å². The highest BCUT2D eigenvalue weighted by atomic mass is 35.5. The second-order valence-electron chi connectivity index (χ2n) is 3.33. The van der Waals surface area contributed by atoms with Gasteiger partial charge in [0.15, 0.2) is 5.69 Å². The number of aromatic nitrogens is 2. The number of anilines is 2. The molecule has 5 nitrogen and oxygen atoms in total. The summed E-state index contributed by atoms with van der Waals surface area (Å²) in [5.74, 6) is 0.450. The quantitative estimate of drug-likeness (QED) is 0.891. The van der Waals surface area contributed by atoms with Crippen LogP contribution >= 0.6 is 11.6 Å². The number of hydrogen-bond donors (Lipinski definition) is 1. The first kappa shape index (κ1) is 11.8. The first-order valence-electron chi connectivity index (χ1n) is 4.92. The van der Waals surface area contributed by atoms with Gasteiger partial charge in [-0.05, 0) is 18.2 Å². The van der Waals surface area contributed by atoms with Gasteiger partial charge in [-0.15, -0.1) is 0 Å². The fraction of sp³-hybridized carbons (Fsp3) is 0. The van der Waals surface area contributed by atoms with E-state index in [1.165, 1.54) is 12.4 Å². The summed E-state index contributed by atoms with van der Waals surface area (Å²) in [4.78, 5) is 7.88. The topological polar surface area (TPSA) is 85.4 Å². The van der Waals surface area contributed by atoms with Crippen molar-refractivity contribution in [1.29, 1.82) is 10.5 Å². The van der Waals surface area contributed by atoms with Gasteiger partial charge in [0.2, 0.25) is 0 Å². The molecule has 0 unspecified atom stereocenters. The van der Waals surface area contributed by atoms with Crippen molar-refractivity contribution in [3.63, 3.8) is 0 Å². The SMILES string of the molecule is N#Cc1ccc(Cl)c(Nc2cnc(C#N)cn2)c1. The molecule has 86 valence electrons. The maximum atomic E-state index is 8.80. The Bertz CT molecular complexity index is 652. The lowest BCUT2D eigenvalue weighted by atomic mass is 10.2. The molecule has 1 aromatic carbocycles. The summed E-state index contributed by atoms with van der Waals surface area (Å²) in [6, 6.07) is 8.76. The minimum Gasteiger partial charge on any atom is -0.338 e. The largest absolute Gasteiger partial charge is 0.338 e. The van der Waals surface area contributed by atoms with Crippen LogP contribution in [0.25, 0.3) is 0 Å². The fourth-order valence-corrected chi connectivity index (χ4v) is 1.44. The summed E-state index contributed by atoms with van der Waals surface area (Å²) < 4.78 is 0. The normalized spacial score (nSPS) is 9.28. The molecule has 18 heavy (non-hydrogen) atoms. The zero-order valence-corrected chi connectivity index (χ0v) is 9.81. The van der Waals surface area contributed by atoms with E-state index in [9.17, 15) is 0 Å². The van der Waals surface area contributed by atoms with Gasteiger partial charge >= 0.3 is 0 Å². The number of benzene rings is 1. The van der Waals surface area contributed by atoms with Crippen molar-refractivity contribution in [3.8, 4) is 12.1 Å². The van der Waals surface area contributed by atoms with E-state index in [1.807, 2.05) is 12.1 Å². The van der Waals surface area contributed by atoms with Gasteiger partial charge in [-0.1, -0.05) is 11.6 Å². The monoisotopic (exact) mass is 255 g/mol. The summed E-state index contributed by atoms with van der Waals surface area (Å²) in [5.41, 5.74) is 1.29. The molecule has 0 atom stereocenters. The van der Waals surface area contributed by atoms with Crippen molar-refractivity contribution in [2.24, 2.45) is 0 Å². The van der Waals surface area contributed by atoms with E-state index < -0.39 is 0 Å². The van der Waals surface area contributed by atoms with Gasteiger partial charge < -0.3 is 5.32 Å². The molecular weight excluding hydrogens is 250 g/mol. The number of hydrogen-bond acceptors (Lipinski definition) is 5. The number of nitriles is 2. The highest BCUT2D eigenvalue weighted by Gasteiger charge is 2.04. The second kappa shape index (κ2) is 5.13. The van der Waals surface area contributed by atoms with E-state index in [1.54, 1.807) is 18.2 Å². The lowest BCUT2D eigenvalue weighted by Crippen LogP contribution is -1.96. The molecule has 0 aliphatic carbocycles. The standard InChI is InChI=1S/C12H6ClN5/c13-10-2-1-8(4-14)3-11(10)18-12-7-16-9(5-15)6-17-12/h1-3,6-7H,(H,17,18). The molecule has 1 aromatic heterocycles. The number of nitrogens with zero attached hydrogens (tertiary/aromatic N) is 4. The molecule has 0 saturated carbocycles. The van der Waals surface area contributed by atoms with E-state index in [0.29, 0.717) is 22.1 Å². The van der Waals surface area contributed by atoms with Gasteiger partial charge in [0.05, 0.1) is 34.7 Å². The zero-order valence-electron chi connectivity index (χ0n) is 9.05. The maximum absolute atomic E-state index is 8.80. The number of rotatable bonds is 2. The van der Waals surface area contributed by atoms with Gasteiger partial charge in [-0.2, -0.15) is 10.5 Å². The van der Waals surface area contributed by atoms with Gasteiger partial charge in [-0.3, -0.25) is 0 Å². The minimum absolute atomic E-state index is 0.234. The van der Waals surface area contributed by atoms with Crippen LogP contribution in [-0.4, -0.2) is 9.97 Å². The second-order valence-corrected chi connectivity index (χ2v) is 3.74. The van der Waals surface area contributed by atoms with E-state index in [-0.39, 0.29) is 5.69 Å². The number of nitrogens with one attached hydrogen (secondary N) is 1. The van der Waals surface area contributed by atoms with Crippen molar-refractivity contribution in [1.82, 2.24) is 9.97 Å². The molecule has 2 rings (SSSR count). The van der Waals surface area contributed by atoms with Crippen LogP contribution in [0.5, 0.6) is 0 Å². The predicted octanol–water partition coefficient (Wildman–Crippen LogP) is 2.62. The van der Waals surface area contributed by atoms with Crippen LogP contribution < -0.4 is 5.32 Å². The summed E-state index contributed by atoms with van der Waals surface area (Å²) >= 11 is 5.99. The fourth-order valence-electron chi connectivity index (χ4n) is 1.28.